The van der Waals surface area contributed by atoms with Crippen LogP contribution in [-0.2, 0) is 6.54 Å². The lowest BCUT2D eigenvalue weighted by Crippen LogP contribution is -2.24. The summed E-state index contributed by atoms with van der Waals surface area (Å²) in [4.78, 5) is 16.4. The summed E-state index contributed by atoms with van der Waals surface area (Å²) < 4.78 is 1.79. The molecule has 0 fully saturated rings. The van der Waals surface area contributed by atoms with Gasteiger partial charge in [0, 0.05) is 13.2 Å². The molecule has 0 bridgehead atoms. The molecule has 1 aromatic carbocycles. The van der Waals surface area contributed by atoms with Gasteiger partial charge in [-0.2, -0.15) is 0 Å². The maximum atomic E-state index is 12.1. The summed E-state index contributed by atoms with van der Waals surface area (Å²) in [7, 11) is 0. The van der Waals surface area contributed by atoms with E-state index < -0.39 is 0 Å². The number of rotatable bonds is 5. The summed E-state index contributed by atoms with van der Waals surface area (Å²) in [6.45, 7) is 2.65. The fourth-order valence-corrected chi connectivity index (χ4v) is 2.10. The summed E-state index contributed by atoms with van der Waals surface area (Å²) in [5, 5.41) is 8.76. The van der Waals surface area contributed by atoms with Gasteiger partial charge >= 0.3 is 0 Å². The van der Waals surface area contributed by atoms with Gasteiger partial charge in [-0.1, -0.05) is 12.1 Å². The van der Waals surface area contributed by atoms with E-state index in [1.54, 1.807) is 11.5 Å². The van der Waals surface area contributed by atoms with Crippen LogP contribution in [-0.4, -0.2) is 21.3 Å². The summed E-state index contributed by atoms with van der Waals surface area (Å²) in [5.41, 5.74) is 2.27. The minimum Gasteiger partial charge on any atom is -0.396 e. The smallest absolute Gasteiger partial charge is 0.272 e. The zero-order chi connectivity index (χ0) is 13.0. The van der Waals surface area contributed by atoms with Crippen LogP contribution in [0.1, 0.15) is 25.0 Å². The molecule has 2 rings (SSSR count). The van der Waals surface area contributed by atoms with Crippen molar-refractivity contribution in [1.29, 1.82) is 0 Å². The van der Waals surface area contributed by atoms with Crippen LogP contribution >= 0.6 is 0 Å². The molecule has 0 atom stereocenters. The number of nitrogens with zero attached hydrogens (tertiary/aromatic N) is 2. The quantitative estimate of drug-likeness (QED) is 0.819. The van der Waals surface area contributed by atoms with Crippen molar-refractivity contribution in [3.8, 4) is 0 Å². The second kappa shape index (κ2) is 5.78. The molecule has 0 unspecified atom stereocenters. The van der Waals surface area contributed by atoms with Crippen molar-refractivity contribution in [3.05, 3.63) is 40.3 Å². The number of aliphatic hydroxyl groups excluding tert-OH is 1. The van der Waals surface area contributed by atoms with Crippen LogP contribution in [0.2, 0.25) is 0 Å². The maximum absolute atomic E-state index is 12.1. The molecule has 18 heavy (non-hydrogen) atoms. The molecule has 1 aromatic heterocycles. The molecule has 0 amide bonds. The predicted molar refractivity (Wildman–Crippen MR) is 71.7 cm³/mol. The number of unbranched alkanes of at least 4 members (excludes halogenated alkanes) is 2. The summed E-state index contributed by atoms with van der Waals surface area (Å²) in [5.74, 6) is 0. The van der Waals surface area contributed by atoms with Crippen molar-refractivity contribution >= 4 is 11.0 Å². The number of fused-ring (bicyclic) bond motifs is 1. The Hall–Kier alpha value is -1.68. The first-order chi connectivity index (χ1) is 8.74. The lowest BCUT2D eigenvalue weighted by molar-refractivity contribution is 0.282. The van der Waals surface area contributed by atoms with Crippen molar-refractivity contribution in [1.82, 2.24) is 9.55 Å². The van der Waals surface area contributed by atoms with E-state index in [-0.39, 0.29) is 12.2 Å². The molecule has 0 spiro atoms. The Morgan fingerprint density at radius 3 is 2.78 bits per heavy atom. The van der Waals surface area contributed by atoms with E-state index >= 15 is 0 Å². The lowest BCUT2D eigenvalue weighted by atomic mass is 10.2. The number of aromatic nitrogens is 2. The number of aliphatic hydroxyl groups is 1. The number of para-hydroxylation sites is 2. The zero-order valence-electron chi connectivity index (χ0n) is 10.6. The molecule has 1 heterocycles. The van der Waals surface area contributed by atoms with E-state index in [9.17, 15) is 4.79 Å². The zero-order valence-corrected chi connectivity index (χ0v) is 10.6. The molecule has 4 heteroatoms. The van der Waals surface area contributed by atoms with Crippen molar-refractivity contribution in [3.63, 3.8) is 0 Å². The highest BCUT2D eigenvalue weighted by molar-refractivity contribution is 5.74. The van der Waals surface area contributed by atoms with Crippen LogP contribution in [0.25, 0.3) is 11.0 Å². The summed E-state index contributed by atoms with van der Waals surface area (Å²) in [6, 6.07) is 7.69. The number of hydrogen-bond acceptors (Lipinski definition) is 3. The second-order valence-electron chi connectivity index (χ2n) is 4.43. The van der Waals surface area contributed by atoms with E-state index in [4.69, 9.17) is 5.11 Å². The monoisotopic (exact) mass is 246 g/mol. The molecule has 0 saturated carbocycles. The van der Waals surface area contributed by atoms with Gasteiger partial charge in [-0.15, -0.1) is 0 Å². The van der Waals surface area contributed by atoms with E-state index in [2.05, 4.69) is 4.98 Å². The van der Waals surface area contributed by atoms with Gasteiger partial charge in [0.25, 0.3) is 5.56 Å². The molecule has 0 aliphatic carbocycles. The van der Waals surface area contributed by atoms with Gasteiger partial charge in [0.05, 0.1) is 11.0 Å². The van der Waals surface area contributed by atoms with Crippen LogP contribution in [0, 0.1) is 6.92 Å². The fraction of sp³-hybridized carbons (Fsp3) is 0.429. The Labute approximate surface area is 106 Å². The first kappa shape index (κ1) is 12.8. The molecule has 0 aliphatic heterocycles. The van der Waals surface area contributed by atoms with Crippen LogP contribution in [0.4, 0.5) is 0 Å². The van der Waals surface area contributed by atoms with Gasteiger partial charge in [0.2, 0.25) is 0 Å². The SMILES string of the molecule is Cc1nc2ccccc2n(CCCCCO)c1=O. The number of hydrogen-bond donors (Lipinski definition) is 1. The van der Waals surface area contributed by atoms with Crippen molar-refractivity contribution in [2.45, 2.75) is 32.7 Å². The van der Waals surface area contributed by atoms with Crippen molar-refractivity contribution < 1.29 is 5.11 Å². The Morgan fingerprint density at radius 2 is 2.00 bits per heavy atom. The topological polar surface area (TPSA) is 55.1 Å². The summed E-state index contributed by atoms with van der Waals surface area (Å²) >= 11 is 0. The molecule has 0 saturated heterocycles. The Bertz CT molecular complexity index is 590. The van der Waals surface area contributed by atoms with Gasteiger partial charge in [-0.05, 0) is 38.3 Å². The Balaban J connectivity index is 2.35. The van der Waals surface area contributed by atoms with Crippen LogP contribution in [0.3, 0.4) is 0 Å². The van der Waals surface area contributed by atoms with Gasteiger partial charge in [0.15, 0.2) is 0 Å². The summed E-state index contributed by atoms with van der Waals surface area (Å²) in [6.07, 6.45) is 2.61. The van der Waals surface area contributed by atoms with Gasteiger partial charge < -0.3 is 9.67 Å². The third-order valence-electron chi connectivity index (χ3n) is 3.06. The average molecular weight is 246 g/mol. The maximum Gasteiger partial charge on any atom is 0.272 e. The number of benzene rings is 1. The lowest BCUT2D eigenvalue weighted by Gasteiger charge is -2.10. The molecule has 2 aromatic rings. The van der Waals surface area contributed by atoms with Crippen molar-refractivity contribution in [2.24, 2.45) is 0 Å². The van der Waals surface area contributed by atoms with Crippen molar-refractivity contribution in [2.75, 3.05) is 6.61 Å². The van der Waals surface area contributed by atoms with E-state index in [1.165, 1.54) is 0 Å². The second-order valence-corrected chi connectivity index (χ2v) is 4.43. The van der Waals surface area contributed by atoms with Gasteiger partial charge in [-0.25, -0.2) is 4.98 Å². The largest absolute Gasteiger partial charge is 0.396 e. The highest BCUT2D eigenvalue weighted by Crippen LogP contribution is 2.10. The third-order valence-corrected chi connectivity index (χ3v) is 3.06. The van der Waals surface area contributed by atoms with Crippen LogP contribution < -0.4 is 5.56 Å². The van der Waals surface area contributed by atoms with E-state index in [0.29, 0.717) is 12.2 Å². The van der Waals surface area contributed by atoms with Gasteiger partial charge in [-0.3, -0.25) is 4.79 Å². The molecule has 0 radical (unpaired) electrons. The Morgan fingerprint density at radius 1 is 1.22 bits per heavy atom. The molecule has 96 valence electrons. The minimum absolute atomic E-state index is 0.0160. The normalized spacial score (nSPS) is 11.0. The predicted octanol–water partition coefficient (Wildman–Crippen LogP) is 1.87. The van der Waals surface area contributed by atoms with E-state index in [1.807, 2.05) is 24.3 Å². The first-order valence-electron chi connectivity index (χ1n) is 6.31. The fourth-order valence-electron chi connectivity index (χ4n) is 2.10. The average Bonchev–Trinajstić information content (AvgIpc) is 2.38. The molecular weight excluding hydrogens is 228 g/mol. The van der Waals surface area contributed by atoms with E-state index in [0.717, 1.165) is 30.3 Å². The third kappa shape index (κ3) is 2.59. The first-order valence-corrected chi connectivity index (χ1v) is 6.31. The molecule has 4 nitrogen and oxygen atoms in total. The Kier molecular flexibility index (Phi) is 4.10. The standard InChI is InChI=1S/C14H18N2O2/c1-11-14(18)16(9-5-2-6-10-17)13-8-4-3-7-12(13)15-11/h3-4,7-8,17H,2,5-6,9-10H2,1H3. The molecular formula is C14H18N2O2. The number of aryl methyl sites for hydroxylation is 2. The minimum atomic E-state index is -0.0160. The van der Waals surface area contributed by atoms with Gasteiger partial charge in [0.1, 0.15) is 5.69 Å². The van der Waals surface area contributed by atoms with Crippen LogP contribution in [0.5, 0.6) is 0 Å². The highest BCUT2D eigenvalue weighted by atomic mass is 16.2. The molecule has 0 aliphatic rings. The van der Waals surface area contributed by atoms with Crippen LogP contribution in [0.15, 0.2) is 29.1 Å². The highest BCUT2D eigenvalue weighted by Gasteiger charge is 2.06. The molecule has 1 N–H and O–H groups in total.